The fourth-order valence-electron chi connectivity index (χ4n) is 3.20. The van der Waals surface area contributed by atoms with Crippen molar-refractivity contribution in [3.8, 4) is 11.5 Å². The highest BCUT2D eigenvalue weighted by Crippen LogP contribution is 2.29. The summed E-state index contributed by atoms with van der Waals surface area (Å²) in [6.45, 7) is 3.71. The number of esters is 2. The van der Waals surface area contributed by atoms with Gasteiger partial charge in [0.1, 0.15) is 11.5 Å². The van der Waals surface area contributed by atoms with E-state index >= 15 is 0 Å². The average Bonchev–Trinajstić information content (AvgIpc) is 2.86. The molecule has 0 spiro atoms. The summed E-state index contributed by atoms with van der Waals surface area (Å²) in [5.74, 6) is 0.0685. The highest BCUT2D eigenvalue weighted by molar-refractivity contribution is 5.91. The van der Waals surface area contributed by atoms with Crippen molar-refractivity contribution in [1.82, 2.24) is 0 Å². The van der Waals surface area contributed by atoms with Crippen LogP contribution in [0.2, 0.25) is 0 Å². The number of ether oxygens (including phenoxy) is 2. The van der Waals surface area contributed by atoms with Gasteiger partial charge in [0.05, 0.1) is 22.5 Å². The van der Waals surface area contributed by atoms with Gasteiger partial charge in [0.15, 0.2) is 0 Å². The first-order chi connectivity index (χ1) is 16.5. The summed E-state index contributed by atoms with van der Waals surface area (Å²) in [4.78, 5) is 24.5. The first-order valence-electron chi connectivity index (χ1n) is 10.7. The molecule has 0 aliphatic heterocycles. The third-order valence-corrected chi connectivity index (χ3v) is 5.03. The van der Waals surface area contributed by atoms with Crippen LogP contribution in [0.5, 0.6) is 11.5 Å². The van der Waals surface area contributed by atoms with Crippen LogP contribution in [0.1, 0.15) is 31.8 Å². The SMILES string of the molecule is Cc1cc(OC(=O)c2ccccc2)ccc1N=Nc1ccc(OC(=O)c2ccccc2)c(C)c1. The Morgan fingerprint density at radius 3 is 1.82 bits per heavy atom. The van der Waals surface area contributed by atoms with Gasteiger partial charge < -0.3 is 9.47 Å². The number of benzene rings is 4. The maximum Gasteiger partial charge on any atom is 0.343 e. The van der Waals surface area contributed by atoms with Crippen LogP contribution in [0.4, 0.5) is 11.4 Å². The second-order valence-corrected chi connectivity index (χ2v) is 7.61. The van der Waals surface area contributed by atoms with E-state index in [-0.39, 0.29) is 0 Å². The van der Waals surface area contributed by atoms with E-state index in [2.05, 4.69) is 10.2 Å². The lowest BCUT2D eigenvalue weighted by Gasteiger charge is -2.08. The van der Waals surface area contributed by atoms with Crippen LogP contribution in [-0.2, 0) is 0 Å². The second kappa shape index (κ2) is 10.4. The van der Waals surface area contributed by atoms with Crippen molar-refractivity contribution in [2.45, 2.75) is 13.8 Å². The number of hydrogen-bond donors (Lipinski definition) is 0. The van der Waals surface area contributed by atoms with E-state index < -0.39 is 11.9 Å². The predicted octanol–water partition coefficient (Wildman–Crippen LogP) is 7.16. The maximum absolute atomic E-state index is 12.3. The summed E-state index contributed by atoms with van der Waals surface area (Å²) in [7, 11) is 0. The lowest BCUT2D eigenvalue weighted by atomic mass is 10.2. The van der Waals surface area contributed by atoms with Crippen molar-refractivity contribution in [1.29, 1.82) is 0 Å². The molecule has 168 valence electrons. The molecule has 4 aromatic rings. The van der Waals surface area contributed by atoms with Gasteiger partial charge in [0.2, 0.25) is 0 Å². The highest BCUT2D eigenvalue weighted by Gasteiger charge is 2.11. The summed E-state index contributed by atoms with van der Waals surface area (Å²) < 4.78 is 10.9. The number of rotatable bonds is 6. The summed E-state index contributed by atoms with van der Waals surface area (Å²) in [6, 6.07) is 28.0. The van der Waals surface area contributed by atoms with E-state index in [1.54, 1.807) is 84.9 Å². The van der Waals surface area contributed by atoms with E-state index in [0.717, 1.165) is 11.1 Å². The normalized spacial score (nSPS) is 10.8. The molecule has 0 heterocycles. The molecule has 0 aliphatic carbocycles. The number of nitrogens with zero attached hydrogens (tertiary/aromatic N) is 2. The average molecular weight is 450 g/mol. The van der Waals surface area contributed by atoms with Gasteiger partial charge in [-0.15, -0.1) is 0 Å². The largest absolute Gasteiger partial charge is 0.423 e. The fourth-order valence-corrected chi connectivity index (χ4v) is 3.20. The Kier molecular flexibility index (Phi) is 6.89. The number of carbonyl (C=O) groups excluding carboxylic acids is 2. The summed E-state index contributed by atoms with van der Waals surface area (Å²) in [6.07, 6.45) is 0. The van der Waals surface area contributed by atoms with E-state index in [1.807, 2.05) is 26.0 Å². The molecule has 0 radical (unpaired) electrons. The molecular weight excluding hydrogens is 428 g/mol. The molecule has 0 saturated heterocycles. The first kappa shape index (κ1) is 22.6. The van der Waals surface area contributed by atoms with Crippen LogP contribution in [0.15, 0.2) is 107 Å². The number of hydrogen-bond acceptors (Lipinski definition) is 6. The van der Waals surface area contributed by atoms with Crippen molar-refractivity contribution >= 4 is 23.3 Å². The molecule has 34 heavy (non-hydrogen) atoms. The molecule has 0 aromatic heterocycles. The first-order valence-corrected chi connectivity index (χ1v) is 10.7. The predicted molar refractivity (Wildman–Crippen MR) is 129 cm³/mol. The van der Waals surface area contributed by atoms with Gasteiger partial charge in [0, 0.05) is 0 Å². The van der Waals surface area contributed by atoms with Gasteiger partial charge in [0.25, 0.3) is 0 Å². The molecule has 0 fully saturated rings. The van der Waals surface area contributed by atoms with Crippen molar-refractivity contribution in [3.63, 3.8) is 0 Å². The molecular formula is C28H22N2O4. The van der Waals surface area contributed by atoms with E-state index in [4.69, 9.17) is 9.47 Å². The van der Waals surface area contributed by atoms with Crippen molar-refractivity contribution in [2.24, 2.45) is 10.2 Å². The number of aryl methyl sites for hydroxylation is 2. The summed E-state index contributed by atoms with van der Waals surface area (Å²) in [5.41, 5.74) is 3.82. The van der Waals surface area contributed by atoms with E-state index in [9.17, 15) is 9.59 Å². The Hall–Kier alpha value is -4.58. The lowest BCUT2D eigenvalue weighted by Crippen LogP contribution is -2.08. The zero-order valence-electron chi connectivity index (χ0n) is 18.8. The molecule has 0 aliphatic rings. The number of carbonyl (C=O) groups is 2. The quantitative estimate of drug-likeness (QED) is 0.177. The van der Waals surface area contributed by atoms with E-state index in [0.29, 0.717) is 34.0 Å². The van der Waals surface area contributed by atoms with Gasteiger partial charge >= 0.3 is 11.9 Å². The summed E-state index contributed by atoms with van der Waals surface area (Å²) >= 11 is 0. The van der Waals surface area contributed by atoms with Crippen molar-refractivity contribution in [2.75, 3.05) is 0 Å². The molecule has 0 N–H and O–H groups in total. The Morgan fingerprint density at radius 2 is 1.24 bits per heavy atom. The molecule has 6 nitrogen and oxygen atoms in total. The van der Waals surface area contributed by atoms with Crippen LogP contribution >= 0.6 is 0 Å². The molecule has 0 amide bonds. The van der Waals surface area contributed by atoms with Gasteiger partial charge in [-0.2, -0.15) is 10.2 Å². The Morgan fingerprint density at radius 1 is 0.618 bits per heavy atom. The molecule has 4 aromatic carbocycles. The smallest absolute Gasteiger partial charge is 0.343 e. The minimum atomic E-state index is -0.419. The summed E-state index contributed by atoms with van der Waals surface area (Å²) in [5, 5.41) is 8.60. The zero-order valence-corrected chi connectivity index (χ0v) is 18.8. The van der Waals surface area contributed by atoms with Crippen LogP contribution < -0.4 is 9.47 Å². The third kappa shape index (κ3) is 5.61. The third-order valence-electron chi connectivity index (χ3n) is 5.03. The molecule has 0 saturated carbocycles. The Balaban J connectivity index is 1.42. The van der Waals surface area contributed by atoms with Crippen LogP contribution in [0, 0.1) is 13.8 Å². The zero-order chi connectivity index (χ0) is 23.9. The molecule has 0 unspecified atom stereocenters. The van der Waals surface area contributed by atoms with Crippen LogP contribution in [-0.4, -0.2) is 11.9 Å². The fraction of sp³-hybridized carbons (Fsp3) is 0.0714. The van der Waals surface area contributed by atoms with Crippen LogP contribution in [0.25, 0.3) is 0 Å². The van der Waals surface area contributed by atoms with Crippen LogP contribution in [0.3, 0.4) is 0 Å². The topological polar surface area (TPSA) is 77.3 Å². The monoisotopic (exact) mass is 450 g/mol. The molecule has 0 bridgehead atoms. The van der Waals surface area contributed by atoms with E-state index in [1.165, 1.54) is 0 Å². The molecule has 4 rings (SSSR count). The molecule has 6 heteroatoms. The molecule has 0 atom stereocenters. The van der Waals surface area contributed by atoms with Gasteiger partial charge in [-0.25, -0.2) is 9.59 Å². The van der Waals surface area contributed by atoms with Gasteiger partial charge in [-0.1, -0.05) is 36.4 Å². The minimum Gasteiger partial charge on any atom is -0.423 e. The minimum absolute atomic E-state index is 0.415. The van der Waals surface area contributed by atoms with Crippen molar-refractivity contribution in [3.05, 3.63) is 119 Å². The second-order valence-electron chi connectivity index (χ2n) is 7.61. The maximum atomic E-state index is 12.3. The Labute approximate surface area is 197 Å². The standard InChI is InChI=1S/C28H22N2O4/c1-19-18-24(33-27(31)21-9-5-3-6-10-21)14-15-25(19)30-29-23-13-16-26(20(2)17-23)34-28(32)22-11-7-4-8-12-22/h3-18H,1-2H3. The lowest BCUT2D eigenvalue weighted by molar-refractivity contribution is 0.0724. The van der Waals surface area contributed by atoms with Gasteiger partial charge in [-0.05, 0) is 85.6 Å². The highest BCUT2D eigenvalue weighted by atomic mass is 16.5. The number of azo groups is 1. The van der Waals surface area contributed by atoms with Gasteiger partial charge in [-0.3, -0.25) is 0 Å². The van der Waals surface area contributed by atoms with Crippen molar-refractivity contribution < 1.29 is 19.1 Å². The Bertz CT molecular complexity index is 1350.